The number of anilines is 1. The van der Waals surface area contributed by atoms with E-state index in [0.717, 1.165) is 30.6 Å². The number of oxazole rings is 1. The van der Waals surface area contributed by atoms with Crippen LogP contribution in [0.3, 0.4) is 0 Å². The van der Waals surface area contributed by atoms with Crippen LogP contribution in [0.1, 0.15) is 24.4 Å². The van der Waals surface area contributed by atoms with Crippen LogP contribution in [-0.2, 0) is 11.3 Å². The maximum absolute atomic E-state index is 9.26. The molecule has 4 rings (SSSR count). The number of nitrogens with one attached hydrogen (secondary N) is 1. The lowest BCUT2D eigenvalue weighted by Crippen LogP contribution is -2.18. The summed E-state index contributed by atoms with van der Waals surface area (Å²) < 4.78 is 17.0. The molecule has 1 unspecified atom stereocenters. The highest BCUT2D eigenvalue weighted by atomic mass is 16.5. The molecule has 1 atom stereocenters. The van der Waals surface area contributed by atoms with E-state index in [1.54, 1.807) is 0 Å². The van der Waals surface area contributed by atoms with Gasteiger partial charge in [0.05, 0.1) is 6.10 Å². The SMILES string of the molecule is N#Cc1nc(COc2ccc(-c3ccccc3)cc2)oc1NCC1CCCO1. The molecule has 0 radical (unpaired) electrons. The molecule has 1 N–H and O–H groups in total. The van der Waals surface area contributed by atoms with Crippen LogP contribution in [0, 0.1) is 11.3 Å². The first-order valence-electron chi connectivity index (χ1n) is 9.35. The van der Waals surface area contributed by atoms with Crippen LogP contribution in [0.5, 0.6) is 5.75 Å². The van der Waals surface area contributed by atoms with Crippen molar-refractivity contribution in [1.29, 1.82) is 5.26 Å². The Labute approximate surface area is 163 Å². The summed E-state index contributed by atoms with van der Waals surface area (Å²) in [6.45, 7) is 1.54. The van der Waals surface area contributed by atoms with Crippen molar-refractivity contribution in [1.82, 2.24) is 4.98 Å². The quantitative estimate of drug-likeness (QED) is 0.660. The summed E-state index contributed by atoms with van der Waals surface area (Å²) in [7, 11) is 0. The first-order chi connectivity index (χ1) is 13.8. The molecule has 6 nitrogen and oxygen atoms in total. The number of aromatic nitrogens is 1. The molecule has 1 fully saturated rings. The maximum Gasteiger partial charge on any atom is 0.236 e. The third-order valence-corrected chi connectivity index (χ3v) is 4.62. The van der Waals surface area contributed by atoms with Gasteiger partial charge < -0.3 is 19.2 Å². The minimum Gasteiger partial charge on any atom is -0.484 e. The highest BCUT2D eigenvalue weighted by molar-refractivity contribution is 5.63. The molecule has 28 heavy (non-hydrogen) atoms. The first-order valence-corrected chi connectivity index (χ1v) is 9.35. The second kappa shape index (κ2) is 8.59. The lowest BCUT2D eigenvalue weighted by Gasteiger charge is -2.09. The summed E-state index contributed by atoms with van der Waals surface area (Å²) in [5.41, 5.74) is 2.51. The highest BCUT2D eigenvalue weighted by Gasteiger charge is 2.18. The Kier molecular flexibility index (Phi) is 5.55. The van der Waals surface area contributed by atoms with Crippen molar-refractivity contribution in [2.45, 2.75) is 25.6 Å². The van der Waals surface area contributed by atoms with E-state index >= 15 is 0 Å². The molecular formula is C22H21N3O3. The zero-order valence-electron chi connectivity index (χ0n) is 15.4. The van der Waals surface area contributed by atoms with E-state index in [1.165, 1.54) is 0 Å². The number of benzene rings is 2. The molecule has 3 aromatic rings. The van der Waals surface area contributed by atoms with Gasteiger partial charge in [-0.1, -0.05) is 42.5 Å². The Balaban J connectivity index is 1.36. The van der Waals surface area contributed by atoms with Gasteiger partial charge in [-0.15, -0.1) is 0 Å². The van der Waals surface area contributed by atoms with Gasteiger partial charge in [-0.3, -0.25) is 0 Å². The molecule has 0 saturated carbocycles. The van der Waals surface area contributed by atoms with Crippen molar-refractivity contribution < 1.29 is 13.9 Å². The second-order valence-electron chi connectivity index (χ2n) is 6.59. The minimum absolute atomic E-state index is 0.152. The molecule has 0 bridgehead atoms. The van der Waals surface area contributed by atoms with E-state index < -0.39 is 0 Å². The number of hydrogen-bond donors (Lipinski definition) is 1. The molecule has 2 aromatic carbocycles. The van der Waals surface area contributed by atoms with Gasteiger partial charge in [0.2, 0.25) is 17.5 Å². The van der Waals surface area contributed by atoms with Gasteiger partial charge in [-0.2, -0.15) is 10.2 Å². The standard InChI is InChI=1S/C22H21N3O3/c23-13-20-22(24-14-19-7-4-12-26-19)28-21(25-20)15-27-18-10-8-17(9-11-18)16-5-2-1-3-6-16/h1-3,5-6,8-11,19,24H,4,7,12,14-15H2. The average Bonchev–Trinajstić information content (AvgIpc) is 3.41. The van der Waals surface area contributed by atoms with Crippen LogP contribution < -0.4 is 10.1 Å². The Bertz CT molecular complexity index is 939. The third kappa shape index (κ3) is 4.33. The number of ether oxygens (including phenoxy) is 2. The van der Waals surface area contributed by atoms with Crippen LogP contribution in [0.4, 0.5) is 5.88 Å². The highest BCUT2D eigenvalue weighted by Crippen LogP contribution is 2.24. The van der Waals surface area contributed by atoms with E-state index in [0.29, 0.717) is 24.1 Å². The summed E-state index contributed by atoms with van der Waals surface area (Å²) in [6.07, 6.45) is 2.23. The van der Waals surface area contributed by atoms with E-state index in [4.69, 9.17) is 13.9 Å². The van der Waals surface area contributed by atoms with Crippen molar-refractivity contribution in [3.05, 3.63) is 66.2 Å². The second-order valence-corrected chi connectivity index (χ2v) is 6.59. The predicted octanol–water partition coefficient (Wildman–Crippen LogP) is 4.38. The van der Waals surface area contributed by atoms with Gasteiger partial charge in [0.15, 0.2) is 6.61 Å². The summed E-state index contributed by atoms with van der Waals surface area (Å²) >= 11 is 0. The molecular weight excluding hydrogens is 354 g/mol. The average molecular weight is 375 g/mol. The summed E-state index contributed by atoms with van der Waals surface area (Å²) in [5, 5.41) is 12.4. The van der Waals surface area contributed by atoms with E-state index in [2.05, 4.69) is 28.5 Å². The molecule has 6 heteroatoms. The fourth-order valence-electron chi connectivity index (χ4n) is 3.15. The van der Waals surface area contributed by atoms with E-state index in [1.807, 2.05) is 42.5 Å². The Morgan fingerprint density at radius 1 is 1.11 bits per heavy atom. The third-order valence-electron chi connectivity index (χ3n) is 4.62. The molecule has 0 spiro atoms. The Hall–Kier alpha value is -3.30. The van der Waals surface area contributed by atoms with Gasteiger partial charge in [-0.05, 0) is 36.1 Å². The van der Waals surface area contributed by atoms with Crippen molar-refractivity contribution >= 4 is 5.88 Å². The number of hydrogen-bond acceptors (Lipinski definition) is 6. The fourth-order valence-corrected chi connectivity index (χ4v) is 3.15. The Morgan fingerprint density at radius 3 is 2.61 bits per heavy atom. The van der Waals surface area contributed by atoms with Crippen molar-refractivity contribution in [2.75, 3.05) is 18.5 Å². The normalized spacial score (nSPS) is 15.9. The molecule has 1 saturated heterocycles. The number of nitriles is 1. The van der Waals surface area contributed by atoms with E-state index in [9.17, 15) is 5.26 Å². The Morgan fingerprint density at radius 2 is 1.89 bits per heavy atom. The smallest absolute Gasteiger partial charge is 0.236 e. The molecule has 142 valence electrons. The minimum atomic E-state index is 0.152. The monoisotopic (exact) mass is 375 g/mol. The summed E-state index contributed by atoms with van der Waals surface area (Å²) in [6, 6.07) is 20.0. The lowest BCUT2D eigenvalue weighted by atomic mass is 10.1. The molecule has 2 heterocycles. The van der Waals surface area contributed by atoms with E-state index in [-0.39, 0.29) is 18.4 Å². The molecule has 0 amide bonds. The van der Waals surface area contributed by atoms with Crippen LogP contribution in [0.2, 0.25) is 0 Å². The van der Waals surface area contributed by atoms with Gasteiger partial charge in [0.1, 0.15) is 11.8 Å². The lowest BCUT2D eigenvalue weighted by molar-refractivity contribution is 0.120. The van der Waals surface area contributed by atoms with Gasteiger partial charge in [-0.25, -0.2) is 0 Å². The fraction of sp³-hybridized carbons (Fsp3) is 0.273. The van der Waals surface area contributed by atoms with Crippen molar-refractivity contribution in [3.63, 3.8) is 0 Å². The summed E-state index contributed by atoms with van der Waals surface area (Å²) in [4.78, 5) is 4.20. The zero-order chi connectivity index (χ0) is 19.2. The van der Waals surface area contributed by atoms with Crippen LogP contribution >= 0.6 is 0 Å². The largest absolute Gasteiger partial charge is 0.484 e. The van der Waals surface area contributed by atoms with Crippen molar-refractivity contribution in [3.8, 4) is 22.9 Å². The van der Waals surface area contributed by atoms with Crippen LogP contribution in [-0.4, -0.2) is 24.2 Å². The van der Waals surface area contributed by atoms with Crippen LogP contribution in [0.25, 0.3) is 11.1 Å². The molecule has 1 aliphatic rings. The van der Waals surface area contributed by atoms with Gasteiger partial charge >= 0.3 is 0 Å². The number of rotatable bonds is 7. The first kappa shape index (κ1) is 18.1. The molecule has 1 aliphatic heterocycles. The molecule has 0 aliphatic carbocycles. The number of nitrogens with zero attached hydrogens (tertiary/aromatic N) is 2. The van der Waals surface area contributed by atoms with Crippen LogP contribution in [0.15, 0.2) is 59.0 Å². The van der Waals surface area contributed by atoms with Gasteiger partial charge in [0.25, 0.3) is 0 Å². The zero-order valence-corrected chi connectivity index (χ0v) is 15.4. The molecule has 1 aromatic heterocycles. The predicted molar refractivity (Wildman–Crippen MR) is 105 cm³/mol. The van der Waals surface area contributed by atoms with Gasteiger partial charge in [0, 0.05) is 13.2 Å². The maximum atomic E-state index is 9.26. The summed E-state index contributed by atoms with van der Waals surface area (Å²) in [5.74, 6) is 1.44. The van der Waals surface area contributed by atoms with Crippen molar-refractivity contribution in [2.24, 2.45) is 0 Å². The topological polar surface area (TPSA) is 80.3 Å².